The molecule has 1 saturated heterocycles. The van der Waals surface area contributed by atoms with Gasteiger partial charge in [-0.25, -0.2) is 9.78 Å². The molecule has 0 unspecified atom stereocenters. The lowest BCUT2D eigenvalue weighted by Crippen LogP contribution is -2.43. The van der Waals surface area contributed by atoms with E-state index in [1.807, 2.05) is 6.07 Å². The van der Waals surface area contributed by atoms with Crippen LogP contribution in [0.25, 0.3) is 11.0 Å². The molecule has 5 heteroatoms. The number of carbonyl (C=O) groups excluding carboxylic acids is 1. The number of ether oxygens (including phenoxy) is 1. The second kappa shape index (κ2) is 4.42. The molecule has 0 spiro atoms. The first kappa shape index (κ1) is 11.2. The lowest BCUT2D eigenvalue weighted by atomic mass is 9.99. The number of esters is 1. The van der Waals surface area contributed by atoms with Crippen molar-refractivity contribution in [3.63, 3.8) is 0 Å². The quantitative estimate of drug-likeness (QED) is 0.795. The van der Waals surface area contributed by atoms with E-state index in [0.29, 0.717) is 11.5 Å². The molecule has 1 aromatic carbocycles. The van der Waals surface area contributed by atoms with Gasteiger partial charge in [0.2, 0.25) is 0 Å². The summed E-state index contributed by atoms with van der Waals surface area (Å²) < 4.78 is 4.70. The zero-order valence-electron chi connectivity index (χ0n) is 10.2. The van der Waals surface area contributed by atoms with Crippen molar-refractivity contribution in [2.75, 3.05) is 20.2 Å². The molecular weight excluding hydrogens is 230 g/mol. The first-order valence-corrected chi connectivity index (χ1v) is 6.04. The normalized spacial score (nSPS) is 15.6. The van der Waals surface area contributed by atoms with Crippen molar-refractivity contribution in [1.82, 2.24) is 15.3 Å². The fraction of sp³-hybridized carbons (Fsp3) is 0.385. The summed E-state index contributed by atoms with van der Waals surface area (Å²) in [6, 6.07) is 5.38. The zero-order chi connectivity index (χ0) is 12.5. The third-order valence-corrected chi connectivity index (χ3v) is 3.30. The molecule has 18 heavy (non-hydrogen) atoms. The highest BCUT2D eigenvalue weighted by atomic mass is 16.5. The van der Waals surface area contributed by atoms with Crippen LogP contribution in [0.3, 0.4) is 0 Å². The van der Waals surface area contributed by atoms with Crippen LogP contribution in [0.2, 0.25) is 0 Å². The molecule has 2 heterocycles. The van der Waals surface area contributed by atoms with E-state index in [2.05, 4.69) is 15.3 Å². The fourth-order valence-electron chi connectivity index (χ4n) is 2.17. The van der Waals surface area contributed by atoms with E-state index in [-0.39, 0.29) is 5.97 Å². The third-order valence-electron chi connectivity index (χ3n) is 3.30. The molecule has 0 radical (unpaired) electrons. The van der Waals surface area contributed by atoms with E-state index >= 15 is 0 Å². The molecule has 2 N–H and O–H groups in total. The van der Waals surface area contributed by atoms with E-state index in [1.54, 1.807) is 12.1 Å². The largest absolute Gasteiger partial charge is 0.465 e. The minimum atomic E-state index is -0.323. The smallest absolute Gasteiger partial charge is 0.337 e. The van der Waals surface area contributed by atoms with Gasteiger partial charge in [-0.05, 0) is 37.2 Å². The van der Waals surface area contributed by atoms with Gasteiger partial charge >= 0.3 is 5.97 Å². The minimum Gasteiger partial charge on any atom is -0.465 e. The molecule has 1 fully saturated rings. The number of aromatic amines is 1. The number of hydrogen-bond acceptors (Lipinski definition) is 4. The Morgan fingerprint density at radius 2 is 2.33 bits per heavy atom. The van der Waals surface area contributed by atoms with Crippen LogP contribution in [0.4, 0.5) is 0 Å². The summed E-state index contributed by atoms with van der Waals surface area (Å²) in [5.74, 6) is 1.33. The van der Waals surface area contributed by atoms with Crippen molar-refractivity contribution >= 4 is 17.0 Å². The Balaban J connectivity index is 1.88. The number of imidazole rings is 1. The summed E-state index contributed by atoms with van der Waals surface area (Å²) in [7, 11) is 1.38. The van der Waals surface area contributed by atoms with Crippen molar-refractivity contribution in [1.29, 1.82) is 0 Å². The SMILES string of the molecule is COC(=O)c1ccc2nc(CC3CNC3)[nH]c2c1. The summed E-state index contributed by atoms with van der Waals surface area (Å²) in [5, 5.41) is 3.24. The van der Waals surface area contributed by atoms with E-state index in [0.717, 1.165) is 36.4 Å². The van der Waals surface area contributed by atoms with Crippen molar-refractivity contribution < 1.29 is 9.53 Å². The predicted octanol–water partition coefficient (Wildman–Crippen LogP) is 1.11. The molecular formula is C13H15N3O2. The summed E-state index contributed by atoms with van der Waals surface area (Å²) in [6.45, 7) is 2.12. The number of nitrogens with zero attached hydrogens (tertiary/aromatic N) is 1. The molecule has 94 valence electrons. The molecule has 2 aromatic rings. The summed E-state index contributed by atoms with van der Waals surface area (Å²) in [4.78, 5) is 19.2. The van der Waals surface area contributed by atoms with E-state index in [1.165, 1.54) is 7.11 Å². The van der Waals surface area contributed by atoms with Gasteiger partial charge in [-0.3, -0.25) is 0 Å². The molecule has 1 aromatic heterocycles. The lowest BCUT2D eigenvalue weighted by molar-refractivity contribution is 0.0601. The van der Waals surface area contributed by atoms with Crippen LogP contribution in [0.15, 0.2) is 18.2 Å². The van der Waals surface area contributed by atoms with Gasteiger partial charge in [0.25, 0.3) is 0 Å². The second-order valence-corrected chi connectivity index (χ2v) is 4.64. The minimum absolute atomic E-state index is 0.323. The summed E-state index contributed by atoms with van der Waals surface area (Å²) >= 11 is 0. The number of rotatable bonds is 3. The van der Waals surface area contributed by atoms with Crippen LogP contribution in [0, 0.1) is 5.92 Å². The molecule has 1 aliphatic rings. The van der Waals surface area contributed by atoms with Crippen LogP contribution in [-0.4, -0.2) is 36.1 Å². The fourth-order valence-corrected chi connectivity index (χ4v) is 2.17. The monoisotopic (exact) mass is 245 g/mol. The topological polar surface area (TPSA) is 67.0 Å². The second-order valence-electron chi connectivity index (χ2n) is 4.64. The van der Waals surface area contributed by atoms with Crippen molar-refractivity contribution in [2.45, 2.75) is 6.42 Å². The number of carbonyl (C=O) groups is 1. The van der Waals surface area contributed by atoms with Crippen LogP contribution < -0.4 is 5.32 Å². The summed E-state index contributed by atoms with van der Waals surface area (Å²) in [6.07, 6.45) is 0.954. The number of benzene rings is 1. The van der Waals surface area contributed by atoms with Gasteiger partial charge in [0.15, 0.2) is 0 Å². The van der Waals surface area contributed by atoms with Gasteiger partial charge in [-0.15, -0.1) is 0 Å². The van der Waals surface area contributed by atoms with Gasteiger partial charge in [-0.1, -0.05) is 0 Å². The molecule has 1 aliphatic heterocycles. The first-order chi connectivity index (χ1) is 8.76. The van der Waals surface area contributed by atoms with Crippen LogP contribution in [0.5, 0.6) is 0 Å². The molecule has 3 rings (SSSR count). The summed E-state index contributed by atoms with van der Waals surface area (Å²) in [5.41, 5.74) is 2.33. The number of methoxy groups -OCH3 is 1. The molecule has 0 amide bonds. The van der Waals surface area contributed by atoms with Crippen LogP contribution in [0.1, 0.15) is 16.2 Å². The maximum Gasteiger partial charge on any atom is 0.337 e. The highest BCUT2D eigenvalue weighted by Gasteiger charge is 2.19. The highest BCUT2D eigenvalue weighted by Crippen LogP contribution is 2.17. The number of nitrogens with one attached hydrogen (secondary N) is 2. The number of H-pyrrole nitrogens is 1. The van der Waals surface area contributed by atoms with Crippen molar-refractivity contribution in [3.8, 4) is 0 Å². The zero-order valence-corrected chi connectivity index (χ0v) is 10.2. The van der Waals surface area contributed by atoms with E-state index in [9.17, 15) is 4.79 Å². The molecule has 0 aliphatic carbocycles. The Kier molecular flexibility index (Phi) is 2.76. The van der Waals surface area contributed by atoms with E-state index < -0.39 is 0 Å². The maximum absolute atomic E-state index is 11.4. The molecule has 0 saturated carbocycles. The maximum atomic E-state index is 11.4. The van der Waals surface area contributed by atoms with Gasteiger partial charge in [0, 0.05) is 6.42 Å². The van der Waals surface area contributed by atoms with Gasteiger partial charge in [0.1, 0.15) is 5.82 Å². The van der Waals surface area contributed by atoms with E-state index in [4.69, 9.17) is 4.74 Å². The highest BCUT2D eigenvalue weighted by molar-refractivity contribution is 5.93. The Bertz CT molecular complexity index is 587. The van der Waals surface area contributed by atoms with Gasteiger partial charge < -0.3 is 15.0 Å². The average molecular weight is 245 g/mol. The van der Waals surface area contributed by atoms with Crippen LogP contribution >= 0.6 is 0 Å². The van der Waals surface area contributed by atoms with Crippen LogP contribution in [-0.2, 0) is 11.2 Å². The Morgan fingerprint density at radius 3 is 3.00 bits per heavy atom. The first-order valence-electron chi connectivity index (χ1n) is 6.04. The third kappa shape index (κ3) is 1.97. The van der Waals surface area contributed by atoms with Gasteiger partial charge in [0.05, 0.1) is 23.7 Å². The Hall–Kier alpha value is -1.88. The molecule has 0 bridgehead atoms. The average Bonchev–Trinajstić information content (AvgIpc) is 2.74. The van der Waals surface area contributed by atoms with Crippen molar-refractivity contribution in [2.24, 2.45) is 5.92 Å². The van der Waals surface area contributed by atoms with Gasteiger partial charge in [-0.2, -0.15) is 0 Å². The predicted molar refractivity (Wildman–Crippen MR) is 67.5 cm³/mol. The Morgan fingerprint density at radius 1 is 1.50 bits per heavy atom. The molecule has 0 atom stereocenters. The lowest BCUT2D eigenvalue weighted by Gasteiger charge is -2.25. The standard InChI is InChI=1S/C13H15N3O2/c1-18-13(17)9-2-3-10-11(5-9)16-12(15-10)4-8-6-14-7-8/h2-3,5,8,14H,4,6-7H2,1H3,(H,15,16). The molecule has 5 nitrogen and oxygen atoms in total. The Labute approximate surface area is 105 Å². The number of aromatic nitrogens is 2. The van der Waals surface area contributed by atoms with Crippen molar-refractivity contribution in [3.05, 3.63) is 29.6 Å². The number of fused-ring (bicyclic) bond motifs is 1. The number of hydrogen-bond donors (Lipinski definition) is 2.